The number of carbonyl (C=O) groups is 1. The molecule has 90 valence electrons. The first-order chi connectivity index (χ1) is 6.72. The number of rotatable bonds is 6. The molecular formula is C5H13N2O6PS. The van der Waals surface area contributed by atoms with Gasteiger partial charge in [0.2, 0.25) is 5.91 Å². The van der Waals surface area contributed by atoms with Crippen LogP contribution in [0.4, 0.5) is 0 Å². The van der Waals surface area contributed by atoms with E-state index < -0.39 is 36.4 Å². The Labute approximate surface area is 88.4 Å². The predicted octanol–water partition coefficient (Wildman–Crippen LogP) is -2.26. The van der Waals surface area contributed by atoms with Gasteiger partial charge in [-0.3, -0.25) is 14.7 Å². The molecule has 0 heterocycles. The second-order valence-corrected chi connectivity index (χ2v) is 5.41. The summed E-state index contributed by atoms with van der Waals surface area (Å²) < 4.78 is 30.9. The molecule has 10 heteroatoms. The molecule has 0 aromatic carbocycles. The van der Waals surface area contributed by atoms with Gasteiger partial charge < -0.3 is 14.7 Å². The number of likely N-dealkylation sites (N-methyl/N-ethyl adjacent to an activating group) is 1. The lowest BCUT2D eigenvalue weighted by Gasteiger charge is -2.14. The second-order valence-electron chi connectivity index (χ2n) is 2.82. The quantitative estimate of drug-likeness (QED) is 0.314. The Balaban J connectivity index is 3.89. The van der Waals surface area contributed by atoms with Crippen molar-refractivity contribution in [2.24, 2.45) is 0 Å². The van der Waals surface area contributed by atoms with Crippen molar-refractivity contribution in [3.8, 4) is 0 Å². The van der Waals surface area contributed by atoms with E-state index in [1.807, 2.05) is 0 Å². The fourth-order valence-corrected chi connectivity index (χ4v) is 1.60. The summed E-state index contributed by atoms with van der Waals surface area (Å²) in [4.78, 5) is 28.9. The summed E-state index contributed by atoms with van der Waals surface area (Å²) >= 11 is 0. The van der Waals surface area contributed by atoms with Crippen molar-refractivity contribution in [2.75, 3.05) is 25.8 Å². The maximum Gasteiger partial charge on any atom is 0.339 e. The minimum atomic E-state index is -4.18. The second kappa shape index (κ2) is 6.19. The van der Waals surface area contributed by atoms with Gasteiger partial charge in [-0.2, -0.15) is 0 Å². The lowest BCUT2D eigenvalue weighted by Crippen LogP contribution is -2.36. The first kappa shape index (κ1) is 14.5. The van der Waals surface area contributed by atoms with E-state index in [0.717, 1.165) is 4.90 Å². The average molecular weight is 260 g/mol. The fraction of sp³-hybridized carbons (Fsp3) is 0.800. The Bertz CT molecular complexity index is 328. The Kier molecular flexibility index (Phi) is 5.99. The van der Waals surface area contributed by atoms with Gasteiger partial charge >= 0.3 is 7.60 Å². The summed E-state index contributed by atoms with van der Waals surface area (Å²) in [6.07, 6.45) is -0.615. The lowest BCUT2D eigenvalue weighted by atomic mass is 10.5. The van der Waals surface area contributed by atoms with Gasteiger partial charge in [0.1, 0.15) is 5.88 Å². The third-order valence-corrected chi connectivity index (χ3v) is 2.64. The monoisotopic (exact) mass is 260 g/mol. The van der Waals surface area contributed by atoms with E-state index in [1.165, 1.54) is 7.05 Å². The van der Waals surface area contributed by atoms with Crippen LogP contribution in [0, 0.1) is 0 Å². The standard InChI is InChI=1S/C5H13N2O6PS/c1-7(4-15(12)13)5(8)2-6-3-14(9,10)11/h6,15H,2-4H2,1H3,(H2,9,10,11). The van der Waals surface area contributed by atoms with Crippen molar-refractivity contribution in [2.45, 2.75) is 0 Å². The molecule has 0 radical (unpaired) electrons. The van der Waals surface area contributed by atoms with Crippen LogP contribution in [-0.2, 0) is 20.1 Å². The number of nitrogens with one attached hydrogen (secondary N) is 1. The molecule has 3 N–H and O–H groups in total. The zero-order chi connectivity index (χ0) is 12.1. The van der Waals surface area contributed by atoms with E-state index in [-0.39, 0.29) is 6.54 Å². The topological polar surface area (TPSA) is 124 Å². The van der Waals surface area contributed by atoms with Gasteiger partial charge in [0.05, 0.1) is 12.8 Å². The van der Waals surface area contributed by atoms with Gasteiger partial charge in [0.15, 0.2) is 10.7 Å². The number of nitrogens with zero attached hydrogens (tertiary/aromatic N) is 1. The van der Waals surface area contributed by atoms with Crippen LogP contribution in [0.25, 0.3) is 0 Å². The Morgan fingerprint density at radius 2 is 2.00 bits per heavy atom. The van der Waals surface area contributed by atoms with Crippen LogP contribution in [0.1, 0.15) is 0 Å². The van der Waals surface area contributed by atoms with E-state index in [0.29, 0.717) is 0 Å². The highest BCUT2D eigenvalue weighted by Crippen LogP contribution is 2.31. The summed E-state index contributed by atoms with van der Waals surface area (Å²) in [5.74, 6) is -0.964. The summed E-state index contributed by atoms with van der Waals surface area (Å²) in [6, 6.07) is 0. The molecule has 0 atom stereocenters. The molecule has 0 fully saturated rings. The maximum atomic E-state index is 11.1. The van der Waals surface area contributed by atoms with Crippen LogP contribution < -0.4 is 5.32 Å². The molecule has 0 aliphatic rings. The van der Waals surface area contributed by atoms with Gasteiger partial charge in [-0.15, -0.1) is 0 Å². The molecule has 0 aliphatic carbocycles. The molecule has 0 spiro atoms. The molecule has 0 bridgehead atoms. The summed E-state index contributed by atoms with van der Waals surface area (Å²) in [5.41, 5.74) is 0. The summed E-state index contributed by atoms with van der Waals surface area (Å²) in [7, 11) is -5.58. The highest BCUT2D eigenvalue weighted by atomic mass is 32.2. The Morgan fingerprint density at radius 3 is 2.40 bits per heavy atom. The van der Waals surface area contributed by atoms with Crippen LogP contribution in [0.3, 0.4) is 0 Å². The molecule has 8 nitrogen and oxygen atoms in total. The third-order valence-electron chi connectivity index (χ3n) is 1.35. The Hall–Kier alpha value is -0.470. The zero-order valence-corrected chi connectivity index (χ0v) is 9.78. The first-order valence-corrected chi connectivity index (χ1v) is 6.99. The van der Waals surface area contributed by atoms with Crippen LogP contribution in [0.5, 0.6) is 0 Å². The smallest absolute Gasteiger partial charge is 0.331 e. The molecule has 0 saturated carbocycles. The maximum absolute atomic E-state index is 11.1. The molecular weight excluding hydrogens is 247 g/mol. The van der Waals surface area contributed by atoms with Gasteiger partial charge in [0.25, 0.3) is 0 Å². The minimum Gasteiger partial charge on any atom is -0.331 e. The summed E-state index contributed by atoms with van der Waals surface area (Å²) in [5, 5.41) is 2.23. The molecule has 0 saturated heterocycles. The molecule has 0 aromatic heterocycles. The van der Waals surface area contributed by atoms with E-state index in [1.54, 1.807) is 0 Å². The number of hydrogen-bond acceptors (Lipinski definition) is 5. The highest BCUT2D eigenvalue weighted by Gasteiger charge is 2.14. The van der Waals surface area contributed by atoms with Gasteiger partial charge in [-0.05, 0) is 0 Å². The largest absolute Gasteiger partial charge is 0.339 e. The van der Waals surface area contributed by atoms with Crippen LogP contribution >= 0.6 is 7.60 Å². The molecule has 0 unspecified atom stereocenters. The van der Waals surface area contributed by atoms with Crippen molar-refractivity contribution in [1.29, 1.82) is 0 Å². The molecule has 0 aromatic rings. The van der Waals surface area contributed by atoms with Crippen molar-refractivity contribution in [3.63, 3.8) is 0 Å². The average Bonchev–Trinajstić information content (AvgIpc) is 2.00. The highest BCUT2D eigenvalue weighted by molar-refractivity contribution is 7.72. The summed E-state index contributed by atoms with van der Waals surface area (Å²) in [6.45, 7) is -0.315. The molecule has 0 rings (SSSR count). The number of thiol groups is 1. The lowest BCUT2D eigenvalue weighted by molar-refractivity contribution is -0.128. The normalized spacial score (nSPS) is 11.7. The third kappa shape index (κ3) is 8.52. The molecule has 15 heavy (non-hydrogen) atoms. The van der Waals surface area contributed by atoms with Crippen molar-refractivity contribution < 1.29 is 27.6 Å². The minimum absolute atomic E-state index is 0.315. The van der Waals surface area contributed by atoms with Gasteiger partial charge in [0, 0.05) is 7.05 Å². The van der Waals surface area contributed by atoms with E-state index >= 15 is 0 Å². The van der Waals surface area contributed by atoms with Crippen LogP contribution in [0.2, 0.25) is 0 Å². The predicted molar refractivity (Wildman–Crippen MR) is 52.9 cm³/mol. The number of hydrogen-bond donors (Lipinski definition) is 4. The van der Waals surface area contributed by atoms with Gasteiger partial charge in [-0.25, -0.2) is 8.42 Å². The fourth-order valence-electron chi connectivity index (χ4n) is 0.696. The SMILES string of the molecule is CN(C[SH](=O)=O)C(=O)CNCP(=O)(O)O. The number of carbonyl (C=O) groups excluding carboxylic acids is 1. The van der Waals surface area contributed by atoms with E-state index in [9.17, 15) is 17.8 Å². The van der Waals surface area contributed by atoms with Crippen molar-refractivity contribution in [3.05, 3.63) is 0 Å². The van der Waals surface area contributed by atoms with Gasteiger partial charge in [-0.1, -0.05) is 0 Å². The first-order valence-electron chi connectivity index (χ1n) is 3.83. The van der Waals surface area contributed by atoms with Crippen molar-refractivity contribution in [1.82, 2.24) is 10.2 Å². The zero-order valence-electron chi connectivity index (χ0n) is 7.99. The van der Waals surface area contributed by atoms with E-state index in [4.69, 9.17) is 9.79 Å². The number of amides is 1. The van der Waals surface area contributed by atoms with E-state index in [2.05, 4.69) is 5.32 Å². The molecule has 0 aliphatic heterocycles. The molecule has 1 amide bonds. The Morgan fingerprint density at radius 1 is 1.47 bits per heavy atom. The van der Waals surface area contributed by atoms with Crippen molar-refractivity contribution >= 4 is 24.2 Å². The van der Waals surface area contributed by atoms with Crippen LogP contribution in [0.15, 0.2) is 0 Å². The van der Waals surface area contributed by atoms with Crippen LogP contribution in [-0.4, -0.2) is 54.8 Å².